The fourth-order valence-electron chi connectivity index (χ4n) is 5.23. The van der Waals surface area contributed by atoms with Crippen LogP contribution in [0.4, 0.5) is 32.0 Å². The van der Waals surface area contributed by atoms with E-state index in [0.29, 0.717) is 30.6 Å². The standard InChI is InChI=1S/C29H23F6N5O/c30-28(31,32)18-10-11-21(22(13-18)29(33,34)35)24-15-20(41-39-24)14-19-7-3-8-23-25(16-36-19)38-27(37-23)40-12-4-6-17-5-1-2-9-26(17)40/h1-2,5,8-11,13,15-16,19H,3-4,6-7,12,14H2/b23-8+,36-16?. The van der Waals surface area contributed by atoms with Crippen LogP contribution in [0.5, 0.6) is 0 Å². The molecule has 1 aromatic heterocycles. The molecule has 4 heterocycles. The number of fused-ring (bicyclic) bond motifs is 2. The minimum Gasteiger partial charge on any atom is -0.361 e. The molecule has 3 aliphatic rings. The average molecular weight is 572 g/mol. The molecule has 0 fully saturated rings. The number of aryl methyl sites for hydroxylation is 1. The number of alkyl halides is 6. The number of halogens is 6. The zero-order valence-electron chi connectivity index (χ0n) is 21.5. The lowest BCUT2D eigenvalue weighted by atomic mass is 9.99. The van der Waals surface area contributed by atoms with E-state index < -0.39 is 29.0 Å². The Kier molecular flexibility index (Phi) is 6.79. The first-order valence-electron chi connectivity index (χ1n) is 13.1. The van der Waals surface area contributed by atoms with Gasteiger partial charge < -0.3 is 9.42 Å². The highest BCUT2D eigenvalue weighted by molar-refractivity contribution is 6.42. The van der Waals surface area contributed by atoms with Gasteiger partial charge in [0.2, 0.25) is 5.96 Å². The van der Waals surface area contributed by atoms with Crippen LogP contribution in [-0.2, 0) is 25.2 Å². The van der Waals surface area contributed by atoms with Crippen molar-refractivity contribution in [3.8, 4) is 11.3 Å². The highest BCUT2D eigenvalue weighted by atomic mass is 19.4. The van der Waals surface area contributed by atoms with Gasteiger partial charge in [0, 0.05) is 36.5 Å². The first-order chi connectivity index (χ1) is 19.6. The second-order valence-corrected chi connectivity index (χ2v) is 10.0. The Hall–Kier alpha value is -4.22. The lowest BCUT2D eigenvalue weighted by molar-refractivity contribution is -0.142. The van der Waals surface area contributed by atoms with Crippen molar-refractivity contribution in [3.63, 3.8) is 0 Å². The summed E-state index contributed by atoms with van der Waals surface area (Å²) in [7, 11) is 0. The van der Waals surface area contributed by atoms with Gasteiger partial charge in [-0.15, -0.1) is 0 Å². The van der Waals surface area contributed by atoms with Crippen LogP contribution in [0.2, 0.25) is 0 Å². The summed E-state index contributed by atoms with van der Waals surface area (Å²) in [5, 5.41) is 3.73. The Morgan fingerprint density at radius 1 is 0.951 bits per heavy atom. The molecule has 0 spiro atoms. The van der Waals surface area contributed by atoms with Crippen LogP contribution in [-0.4, -0.2) is 35.6 Å². The Balaban J connectivity index is 1.20. The minimum atomic E-state index is -5.01. The Morgan fingerprint density at radius 3 is 2.59 bits per heavy atom. The van der Waals surface area contributed by atoms with Crippen LogP contribution < -0.4 is 4.90 Å². The molecule has 0 radical (unpaired) electrons. The molecule has 0 saturated heterocycles. The summed E-state index contributed by atoms with van der Waals surface area (Å²) in [5.41, 5.74) is 0.213. The predicted molar refractivity (Wildman–Crippen MR) is 142 cm³/mol. The van der Waals surface area contributed by atoms with E-state index in [9.17, 15) is 26.3 Å². The van der Waals surface area contributed by atoms with Crippen LogP contribution in [0.3, 0.4) is 0 Å². The van der Waals surface area contributed by atoms with Crippen LogP contribution in [0, 0.1) is 0 Å². The van der Waals surface area contributed by atoms with Gasteiger partial charge in [-0.3, -0.25) is 4.99 Å². The van der Waals surface area contributed by atoms with E-state index in [-0.39, 0.29) is 30.0 Å². The van der Waals surface area contributed by atoms with Crippen LogP contribution >= 0.6 is 0 Å². The highest BCUT2D eigenvalue weighted by Crippen LogP contribution is 2.41. The van der Waals surface area contributed by atoms with Crippen molar-refractivity contribution in [3.05, 3.63) is 82.8 Å². The van der Waals surface area contributed by atoms with Gasteiger partial charge in [-0.2, -0.15) is 26.3 Å². The number of nitrogens with zero attached hydrogens (tertiary/aromatic N) is 5. The lowest BCUT2D eigenvalue weighted by Gasteiger charge is -2.29. The van der Waals surface area contributed by atoms with E-state index in [1.807, 2.05) is 18.2 Å². The maximum atomic E-state index is 13.6. The van der Waals surface area contributed by atoms with Crippen molar-refractivity contribution in [1.82, 2.24) is 5.16 Å². The molecule has 0 amide bonds. The SMILES string of the molecule is FC(F)(F)c1ccc(-c2cc(CC3CC/C=C4/N=C(N5CCCc6ccccc65)N=C4C=N3)on2)c(C(F)(F)F)c1. The third-order valence-electron chi connectivity index (χ3n) is 7.22. The molecule has 6 rings (SSSR count). The topological polar surface area (TPSA) is 66.3 Å². The molecule has 41 heavy (non-hydrogen) atoms. The number of para-hydroxylation sites is 1. The van der Waals surface area contributed by atoms with Gasteiger partial charge in [0.1, 0.15) is 17.2 Å². The number of allylic oxidation sites excluding steroid dienone is 2. The normalized spacial score (nSPS) is 20.4. The number of benzene rings is 2. The monoisotopic (exact) mass is 571 g/mol. The molecule has 1 atom stereocenters. The Bertz CT molecular complexity index is 1600. The van der Waals surface area contributed by atoms with Gasteiger partial charge >= 0.3 is 12.4 Å². The number of aromatic nitrogens is 1. The summed E-state index contributed by atoms with van der Waals surface area (Å²) in [6.07, 6.45) is -2.78. The van der Waals surface area contributed by atoms with Gasteiger partial charge in [0.05, 0.1) is 22.9 Å². The third-order valence-corrected chi connectivity index (χ3v) is 7.22. The molecule has 0 aliphatic carbocycles. The van der Waals surface area contributed by atoms with E-state index in [1.165, 1.54) is 11.6 Å². The van der Waals surface area contributed by atoms with E-state index in [2.05, 4.69) is 27.2 Å². The quantitative estimate of drug-likeness (QED) is 0.310. The molecule has 3 aromatic rings. The van der Waals surface area contributed by atoms with Gasteiger partial charge in [-0.25, -0.2) is 9.98 Å². The number of hydrogen-bond acceptors (Lipinski definition) is 6. The van der Waals surface area contributed by atoms with E-state index in [1.54, 1.807) is 6.21 Å². The molecule has 1 unspecified atom stereocenters. The second kappa shape index (κ2) is 10.3. The van der Waals surface area contributed by atoms with Crippen molar-refractivity contribution in [2.24, 2.45) is 15.0 Å². The smallest absolute Gasteiger partial charge is 0.361 e. The number of hydrogen-bond donors (Lipinski definition) is 0. The molecular formula is C29H23F6N5O. The average Bonchev–Trinajstić information content (AvgIpc) is 3.55. The molecule has 0 N–H and O–H groups in total. The fraction of sp³-hybridized carbons (Fsp3) is 0.310. The van der Waals surface area contributed by atoms with Crippen LogP contribution in [0.15, 0.2) is 79.8 Å². The Morgan fingerprint density at radius 2 is 1.78 bits per heavy atom. The van der Waals surface area contributed by atoms with Gasteiger partial charge in [-0.1, -0.05) is 35.5 Å². The number of rotatable bonds is 3. The number of aliphatic imine (C=N–C) groups is 3. The Labute approximate surface area is 230 Å². The summed E-state index contributed by atoms with van der Waals surface area (Å²) < 4.78 is 85.3. The second-order valence-electron chi connectivity index (χ2n) is 10.0. The molecule has 0 saturated carbocycles. The molecule has 212 valence electrons. The minimum absolute atomic E-state index is 0.0911. The van der Waals surface area contributed by atoms with Gasteiger partial charge in [-0.05, 0) is 49.4 Å². The summed E-state index contributed by atoms with van der Waals surface area (Å²) in [6.45, 7) is 0.808. The summed E-state index contributed by atoms with van der Waals surface area (Å²) in [6, 6.07) is 10.7. The molecular weight excluding hydrogens is 548 g/mol. The van der Waals surface area contributed by atoms with Crippen molar-refractivity contribution in [2.45, 2.75) is 50.5 Å². The van der Waals surface area contributed by atoms with Gasteiger partial charge in [0.25, 0.3) is 0 Å². The summed E-state index contributed by atoms with van der Waals surface area (Å²) in [5.74, 6) is 0.885. The first-order valence-corrected chi connectivity index (χ1v) is 13.1. The van der Waals surface area contributed by atoms with Crippen LogP contribution in [0.25, 0.3) is 11.3 Å². The van der Waals surface area contributed by atoms with E-state index >= 15 is 0 Å². The van der Waals surface area contributed by atoms with Gasteiger partial charge in [0.15, 0.2) is 0 Å². The largest absolute Gasteiger partial charge is 0.417 e. The zero-order valence-corrected chi connectivity index (χ0v) is 21.5. The van der Waals surface area contributed by atoms with E-state index in [4.69, 9.17) is 14.5 Å². The van der Waals surface area contributed by atoms with Crippen molar-refractivity contribution in [1.29, 1.82) is 0 Å². The van der Waals surface area contributed by atoms with Crippen LogP contribution in [0.1, 0.15) is 41.7 Å². The first kappa shape index (κ1) is 27.0. The molecule has 6 nitrogen and oxygen atoms in total. The predicted octanol–water partition coefficient (Wildman–Crippen LogP) is 7.30. The third kappa shape index (κ3) is 5.55. The maximum Gasteiger partial charge on any atom is 0.417 e. The molecule has 2 aromatic carbocycles. The maximum absolute atomic E-state index is 13.6. The number of guanidine groups is 1. The van der Waals surface area contributed by atoms with Crippen molar-refractivity contribution in [2.75, 3.05) is 11.4 Å². The molecule has 3 aliphatic heterocycles. The fourth-order valence-corrected chi connectivity index (χ4v) is 5.23. The number of anilines is 1. The van der Waals surface area contributed by atoms with Crippen molar-refractivity contribution >= 4 is 23.6 Å². The highest BCUT2D eigenvalue weighted by Gasteiger charge is 2.39. The van der Waals surface area contributed by atoms with Crippen molar-refractivity contribution < 1.29 is 30.9 Å². The zero-order chi connectivity index (χ0) is 28.8. The molecule has 12 heteroatoms. The lowest BCUT2D eigenvalue weighted by Crippen LogP contribution is -2.33. The van der Waals surface area contributed by atoms with E-state index in [0.717, 1.165) is 36.8 Å². The summed E-state index contributed by atoms with van der Waals surface area (Å²) in [4.78, 5) is 16.2. The summed E-state index contributed by atoms with van der Waals surface area (Å²) >= 11 is 0. The molecule has 0 bridgehead atoms.